The van der Waals surface area contributed by atoms with Crippen LogP contribution in [0.3, 0.4) is 0 Å². The van der Waals surface area contributed by atoms with Gasteiger partial charge >= 0.3 is 11.9 Å². The van der Waals surface area contributed by atoms with E-state index in [-0.39, 0.29) is 22.9 Å². The Kier molecular flexibility index (Phi) is 7.61. The van der Waals surface area contributed by atoms with Crippen LogP contribution in [0.25, 0.3) is 10.4 Å². The van der Waals surface area contributed by atoms with Crippen LogP contribution in [-0.4, -0.2) is 54.5 Å². The van der Waals surface area contributed by atoms with Crippen molar-refractivity contribution in [2.75, 3.05) is 25.1 Å². The van der Waals surface area contributed by atoms with Crippen molar-refractivity contribution in [2.24, 2.45) is 0 Å². The first-order valence-corrected chi connectivity index (χ1v) is 12.0. The number of hydrogen-bond donors (Lipinski definition) is 1. The van der Waals surface area contributed by atoms with Crippen molar-refractivity contribution in [2.45, 2.75) is 25.8 Å². The van der Waals surface area contributed by atoms with E-state index in [4.69, 9.17) is 13.9 Å². The van der Waals surface area contributed by atoms with Crippen LogP contribution in [0.15, 0.2) is 59.2 Å². The van der Waals surface area contributed by atoms with E-state index in [0.717, 1.165) is 10.4 Å². The normalized spacial score (nSPS) is 15.0. The van der Waals surface area contributed by atoms with E-state index in [0.29, 0.717) is 19.4 Å². The molecule has 0 saturated carbocycles. The molecule has 1 N–H and O–H groups in total. The van der Waals surface area contributed by atoms with Gasteiger partial charge in [0.05, 0.1) is 18.6 Å². The quantitative estimate of drug-likeness (QED) is 0.469. The summed E-state index contributed by atoms with van der Waals surface area (Å²) in [5, 5.41) is 2.64. The summed E-state index contributed by atoms with van der Waals surface area (Å²) in [4.78, 5) is 52.6. The Labute approximate surface area is 205 Å². The van der Waals surface area contributed by atoms with Crippen LogP contribution in [0.2, 0.25) is 0 Å². The zero-order valence-corrected chi connectivity index (χ0v) is 19.8. The van der Waals surface area contributed by atoms with Crippen molar-refractivity contribution in [3.8, 4) is 10.4 Å². The highest BCUT2D eigenvalue weighted by atomic mass is 32.1. The lowest BCUT2D eigenvalue weighted by atomic mass is 10.2. The molecule has 0 bridgehead atoms. The summed E-state index contributed by atoms with van der Waals surface area (Å²) in [6.07, 6.45) is 2.46. The molecule has 2 aromatic heterocycles. The molecular weight excluding hydrogens is 472 g/mol. The van der Waals surface area contributed by atoms with Gasteiger partial charge in [-0.1, -0.05) is 30.3 Å². The molecule has 2 amide bonds. The van der Waals surface area contributed by atoms with Gasteiger partial charge in [0.1, 0.15) is 10.9 Å². The number of likely N-dealkylation sites (tertiary alicyclic amines) is 1. The molecule has 3 heterocycles. The van der Waals surface area contributed by atoms with Gasteiger partial charge in [0.25, 0.3) is 11.8 Å². The smallest absolute Gasteiger partial charge is 0.350 e. The average Bonchev–Trinajstić information content (AvgIpc) is 3.64. The van der Waals surface area contributed by atoms with Crippen molar-refractivity contribution in [1.29, 1.82) is 0 Å². The molecule has 10 heteroatoms. The van der Waals surface area contributed by atoms with Crippen LogP contribution in [0.5, 0.6) is 0 Å². The van der Waals surface area contributed by atoms with Crippen LogP contribution in [0.4, 0.5) is 5.69 Å². The van der Waals surface area contributed by atoms with Gasteiger partial charge in [-0.15, -0.1) is 11.3 Å². The Balaban J connectivity index is 1.40. The zero-order chi connectivity index (χ0) is 24.8. The average molecular weight is 497 g/mol. The van der Waals surface area contributed by atoms with Crippen molar-refractivity contribution in [3.05, 3.63) is 65.4 Å². The molecule has 35 heavy (non-hydrogen) atoms. The van der Waals surface area contributed by atoms with E-state index >= 15 is 0 Å². The number of nitrogens with zero attached hydrogens (tertiary/aromatic N) is 1. The molecule has 0 aliphatic carbocycles. The fourth-order valence-corrected chi connectivity index (χ4v) is 4.81. The maximum absolute atomic E-state index is 12.6. The Morgan fingerprint density at radius 1 is 1.11 bits per heavy atom. The molecule has 1 aliphatic rings. The summed E-state index contributed by atoms with van der Waals surface area (Å²) in [7, 11) is 0. The number of thiophene rings is 1. The predicted molar refractivity (Wildman–Crippen MR) is 128 cm³/mol. The third-order valence-electron chi connectivity index (χ3n) is 5.39. The number of ether oxygens (including phenoxy) is 2. The van der Waals surface area contributed by atoms with Crippen molar-refractivity contribution >= 4 is 40.8 Å². The molecule has 0 radical (unpaired) electrons. The fraction of sp³-hybridized carbons (Fsp3) is 0.280. The first-order chi connectivity index (χ1) is 17.0. The molecule has 1 atom stereocenters. The number of carbonyl (C=O) groups excluding carboxylic acids is 4. The maximum atomic E-state index is 12.6. The molecule has 1 aromatic carbocycles. The molecule has 1 unspecified atom stereocenters. The van der Waals surface area contributed by atoms with Gasteiger partial charge in [0.15, 0.2) is 12.4 Å². The number of anilines is 1. The third-order valence-corrected chi connectivity index (χ3v) is 6.55. The van der Waals surface area contributed by atoms with E-state index in [9.17, 15) is 19.2 Å². The molecule has 4 rings (SSSR count). The van der Waals surface area contributed by atoms with Crippen LogP contribution in [0, 0.1) is 0 Å². The number of rotatable bonds is 8. The third kappa shape index (κ3) is 5.60. The molecule has 1 saturated heterocycles. The summed E-state index contributed by atoms with van der Waals surface area (Å²) >= 11 is 1.20. The summed E-state index contributed by atoms with van der Waals surface area (Å²) in [6.45, 7) is 1.73. The highest BCUT2D eigenvalue weighted by Crippen LogP contribution is 2.35. The monoisotopic (exact) mass is 496 g/mol. The van der Waals surface area contributed by atoms with Gasteiger partial charge in [-0.3, -0.25) is 9.59 Å². The SMILES string of the molecule is CCOC(=O)c1sc(-c2ccccc2)cc1NC(=O)COC(=O)C1CCCN1C(=O)c1ccco1. The fourth-order valence-electron chi connectivity index (χ4n) is 3.79. The summed E-state index contributed by atoms with van der Waals surface area (Å²) in [6, 6.07) is 13.4. The van der Waals surface area contributed by atoms with Crippen LogP contribution < -0.4 is 5.32 Å². The van der Waals surface area contributed by atoms with Crippen molar-refractivity contribution < 1.29 is 33.1 Å². The van der Waals surface area contributed by atoms with Gasteiger partial charge in [0.2, 0.25) is 0 Å². The number of furan rings is 1. The lowest BCUT2D eigenvalue weighted by Crippen LogP contribution is -2.42. The van der Waals surface area contributed by atoms with Crippen LogP contribution >= 0.6 is 11.3 Å². The molecule has 3 aromatic rings. The minimum absolute atomic E-state index is 0.139. The van der Waals surface area contributed by atoms with E-state index in [2.05, 4.69) is 5.32 Å². The Hall–Kier alpha value is -3.92. The van der Waals surface area contributed by atoms with E-state index in [1.165, 1.54) is 28.6 Å². The van der Waals surface area contributed by atoms with Gasteiger partial charge in [-0.2, -0.15) is 0 Å². The number of amides is 2. The number of nitrogens with one attached hydrogen (secondary N) is 1. The lowest BCUT2D eigenvalue weighted by molar-refractivity contribution is -0.151. The second-order valence-corrected chi connectivity index (χ2v) is 8.78. The minimum Gasteiger partial charge on any atom is -0.462 e. The highest BCUT2D eigenvalue weighted by Gasteiger charge is 2.37. The number of hydrogen-bond acceptors (Lipinski definition) is 8. The van der Waals surface area contributed by atoms with Crippen LogP contribution in [-0.2, 0) is 19.1 Å². The van der Waals surface area contributed by atoms with Gasteiger partial charge in [-0.25, -0.2) is 9.59 Å². The molecule has 182 valence electrons. The number of benzene rings is 1. The van der Waals surface area contributed by atoms with Gasteiger partial charge in [0, 0.05) is 11.4 Å². The summed E-state index contributed by atoms with van der Waals surface area (Å²) < 4.78 is 15.5. The highest BCUT2D eigenvalue weighted by molar-refractivity contribution is 7.18. The van der Waals surface area contributed by atoms with Crippen LogP contribution in [0.1, 0.15) is 40.0 Å². The second-order valence-electron chi connectivity index (χ2n) is 7.73. The molecule has 0 spiro atoms. The molecular formula is C25H24N2O7S. The molecule has 1 aliphatic heterocycles. The zero-order valence-electron chi connectivity index (χ0n) is 19.0. The summed E-state index contributed by atoms with van der Waals surface area (Å²) in [5.74, 6) is -2.09. The Morgan fingerprint density at radius 2 is 1.91 bits per heavy atom. The van der Waals surface area contributed by atoms with E-state index in [1.807, 2.05) is 30.3 Å². The Bertz CT molecular complexity index is 1200. The van der Waals surface area contributed by atoms with E-state index < -0.39 is 36.4 Å². The first-order valence-electron chi connectivity index (χ1n) is 11.1. The first kappa shape index (κ1) is 24.2. The maximum Gasteiger partial charge on any atom is 0.350 e. The Morgan fingerprint density at radius 3 is 2.63 bits per heavy atom. The van der Waals surface area contributed by atoms with Crippen molar-refractivity contribution in [3.63, 3.8) is 0 Å². The van der Waals surface area contributed by atoms with Gasteiger partial charge in [-0.05, 0) is 43.5 Å². The van der Waals surface area contributed by atoms with Crippen molar-refractivity contribution in [1.82, 2.24) is 4.90 Å². The predicted octanol–water partition coefficient (Wildman–Crippen LogP) is 3.97. The lowest BCUT2D eigenvalue weighted by Gasteiger charge is -2.22. The topological polar surface area (TPSA) is 115 Å². The number of carbonyl (C=O) groups is 4. The largest absolute Gasteiger partial charge is 0.462 e. The standard InChI is InChI=1S/C25H24N2O7S/c1-2-32-25(31)22-17(14-20(35-22)16-8-4-3-5-9-16)26-21(28)15-34-24(30)18-10-6-12-27(18)23(29)19-11-7-13-33-19/h3-5,7-9,11,13-14,18H,2,6,10,12,15H2,1H3,(H,26,28). The minimum atomic E-state index is -0.790. The summed E-state index contributed by atoms with van der Waals surface area (Å²) in [5.41, 5.74) is 1.17. The number of esters is 2. The van der Waals surface area contributed by atoms with E-state index in [1.54, 1.807) is 19.1 Å². The second kappa shape index (κ2) is 11.0. The molecule has 1 fully saturated rings. The molecule has 9 nitrogen and oxygen atoms in total. The van der Waals surface area contributed by atoms with Gasteiger partial charge < -0.3 is 24.1 Å².